The molecule has 0 fully saturated rings. The number of nitrogens with one attached hydrogen (secondary N) is 1. The van der Waals surface area contributed by atoms with E-state index in [0.717, 1.165) is 32.5 Å². The predicted octanol–water partition coefficient (Wildman–Crippen LogP) is 12.2. The first-order valence-corrected chi connectivity index (χ1v) is 20.7. The van der Waals surface area contributed by atoms with E-state index in [0.29, 0.717) is 6.42 Å². The van der Waals surface area contributed by atoms with Crippen LogP contribution in [-0.2, 0) is 19.1 Å². The number of carbonyl (C=O) groups excluding carboxylic acids is 1. The van der Waals surface area contributed by atoms with E-state index in [1.807, 2.05) is 0 Å². The van der Waals surface area contributed by atoms with E-state index >= 15 is 0 Å². The van der Waals surface area contributed by atoms with E-state index in [1.165, 1.54) is 167 Å². The molecule has 1 amide bonds. The van der Waals surface area contributed by atoms with Gasteiger partial charge in [0.25, 0.3) is 0 Å². The molecule has 1 atom stereocenters. The predicted molar refractivity (Wildman–Crippen MR) is 203 cm³/mol. The molecule has 0 aliphatic heterocycles. The van der Waals surface area contributed by atoms with Crippen molar-refractivity contribution in [2.45, 2.75) is 232 Å². The van der Waals surface area contributed by atoms with Gasteiger partial charge in [-0.15, -0.1) is 0 Å². The molecule has 0 heterocycles. The second kappa shape index (κ2) is 41.5. The summed E-state index contributed by atoms with van der Waals surface area (Å²) < 4.78 is 5.78. The van der Waals surface area contributed by atoms with Crippen molar-refractivity contribution < 1.29 is 29.3 Å². The van der Waals surface area contributed by atoms with Gasteiger partial charge in [-0.1, -0.05) is 188 Å². The maximum Gasteiger partial charge on any atom is 0.326 e. The molecule has 7 nitrogen and oxygen atoms in total. The molecule has 48 heavy (non-hydrogen) atoms. The highest BCUT2D eigenvalue weighted by atomic mass is 16.5. The summed E-state index contributed by atoms with van der Waals surface area (Å²) in [5.74, 6) is -2.57. The fourth-order valence-corrected chi connectivity index (χ4v) is 5.87. The quantitative estimate of drug-likeness (QED) is 0.0562. The number of hydrogen-bond donors (Lipinski definition) is 3. The van der Waals surface area contributed by atoms with Crippen molar-refractivity contribution >= 4 is 17.8 Å². The minimum absolute atomic E-state index is 0.0891. The molecular formula is C41H81NO6. The van der Waals surface area contributed by atoms with Gasteiger partial charge < -0.3 is 20.3 Å². The van der Waals surface area contributed by atoms with Crippen molar-refractivity contribution in [3.05, 3.63) is 0 Å². The van der Waals surface area contributed by atoms with E-state index in [2.05, 4.69) is 26.1 Å². The molecule has 0 rings (SSSR count). The number of unbranched alkanes of at least 4 members (excludes halogenated alkanes) is 26. The van der Waals surface area contributed by atoms with Crippen LogP contribution in [0.5, 0.6) is 0 Å². The van der Waals surface area contributed by atoms with Crippen LogP contribution in [0.15, 0.2) is 0 Å². The lowest BCUT2D eigenvalue weighted by Gasteiger charge is -2.13. The van der Waals surface area contributed by atoms with Crippen LogP contribution in [-0.4, -0.2) is 47.3 Å². The number of amides is 1. The molecule has 286 valence electrons. The van der Waals surface area contributed by atoms with Gasteiger partial charge in [-0.25, -0.2) is 4.79 Å². The van der Waals surface area contributed by atoms with Gasteiger partial charge in [0.2, 0.25) is 5.91 Å². The zero-order valence-electron chi connectivity index (χ0n) is 32.1. The molecule has 7 heteroatoms. The summed E-state index contributed by atoms with van der Waals surface area (Å²) in [5, 5.41) is 19.9. The number of ether oxygens (including phenoxy) is 1. The lowest BCUT2D eigenvalue weighted by molar-refractivity contribution is -0.143. The van der Waals surface area contributed by atoms with Gasteiger partial charge in [0.05, 0.1) is 0 Å². The number of carboxylic acid groups (broad SMARTS) is 2. The molecule has 0 aromatic rings. The molecule has 0 saturated heterocycles. The van der Waals surface area contributed by atoms with Crippen LogP contribution in [0.25, 0.3) is 0 Å². The van der Waals surface area contributed by atoms with Gasteiger partial charge >= 0.3 is 11.9 Å². The topological polar surface area (TPSA) is 113 Å². The van der Waals surface area contributed by atoms with Crippen molar-refractivity contribution in [2.75, 3.05) is 13.2 Å². The summed E-state index contributed by atoms with van der Waals surface area (Å²) >= 11 is 0. The highest BCUT2D eigenvalue weighted by Crippen LogP contribution is 2.13. The van der Waals surface area contributed by atoms with Gasteiger partial charge in [-0.05, 0) is 25.7 Å². The molecule has 3 N–H and O–H groups in total. The molecule has 0 aliphatic carbocycles. The van der Waals surface area contributed by atoms with Crippen LogP contribution in [0.2, 0.25) is 0 Å². The minimum atomic E-state index is -1.19. The third-order valence-electron chi connectivity index (χ3n) is 9.07. The largest absolute Gasteiger partial charge is 0.481 e. The molecule has 0 radical (unpaired) electrons. The maximum atomic E-state index is 11.7. The van der Waals surface area contributed by atoms with E-state index in [1.54, 1.807) is 0 Å². The van der Waals surface area contributed by atoms with Crippen molar-refractivity contribution in [2.24, 2.45) is 0 Å². The summed E-state index contributed by atoms with van der Waals surface area (Å²) in [6.45, 7) is 8.76. The number of carboxylic acids is 2. The summed E-state index contributed by atoms with van der Waals surface area (Å²) in [6, 6.07) is -1.11. The molecule has 0 aliphatic rings. The van der Waals surface area contributed by atoms with Crippen LogP contribution in [0.4, 0.5) is 0 Å². The van der Waals surface area contributed by atoms with E-state index in [4.69, 9.17) is 14.9 Å². The number of aliphatic carboxylic acids is 2. The molecule has 0 spiro atoms. The Morgan fingerprint density at radius 2 is 0.771 bits per heavy atom. The van der Waals surface area contributed by atoms with Gasteiger partial charge in [0, 0.05) is 26.1 Å². The smallest absolute Gasteiger partial charge is 0.326 e. The van der Waals surface area contributed by atoms with E-state index in [9.17, 15) is 14.4 Å². The fourth-order valence-electron chi connectivity index (χ4n) is 5.87. The Morgan fingerprint density at radius 3 is 1.08 bits per heavy atom. The van der Waals surface area contributed by atoms with Crippen LogP contribution < -0.4 is 5.32 Å². The zero-order valence-corrected chi connectivity index (χ0v) is 32.1. The SMILES string of the molecule is CCCCCCCCCCCC(=O)N[C@@H](CCC(=O)O)C(=O)O.CCCCCCCCCCCCOCCCCCCCCCCCC. The molecule has 0 bridgehead atoms. The number of hydrogen-bond acceptors (Lipinski definition) is 4. The Labute approximate surface area is 297 Å². The van der Waals surface area contributed by atoms with Gasteiger partial charge in [-0.3, -0.25) is 9.59 Å². The van der Waals surface area contributed by atoms with Gasteiger partial charge in [-0.2, -0.15) is 0 Å². The number of rotatable bonds is 37. The van der Waals surface area contributed by atoms with E-state index in [-0.39, 0.29) is 18.7 Å². The first kappa shape index (κ1) is 48.5. The van der Waals surface area contributed by atoms with Crippen molar-refractivity contribution in [1.29, 1.82) is 0 Å². The molecule has 0 aromatic heterocycles. The minimum Gasteiger partial charge on any atom is -0.481 e. The Hall–Kier alpha value is -1.63. The second-order valence-electron chi connectivity index (χ2n) is 13.9. The average Bonchev–Trinajstić information content (AvgIpc) is 3.06. The normalized spacial score (nSPS) is 11.6. The Balaban J connectivity index is 0. The van der Waals surface area contributed by atoms with Crippen molar-refractivity contribution in [3.63, 3.8) is 0 Å². The van der Waals surface area contributed by atoms with Gasteiger partial charge in [0.15, 0.2) is 0 Å². The van der Waals surface area contributed by atoms with Crippen LogP contribution >= 0.6 is 0 Å². The maximum absolute atomic E-state index is 11.7. The summed E-state index contributed by atoms with van der Waals surface area (Å²) in [4.78, 5) is 33.1. The monoisotopic (exact) mass is 684 g/mol. The molecule has 0 unspecified atom stereocenters. The Kier molecular flexibility index (Phi) is 42.0. The van der Waals surface area contributed by atoms with Gasteiger partial charge in [0.1, 0.15) is 6.04 Å². The lowest BCUT2D eigenvalue weighted by Crippen LogP contribution is -2.41. The van der Waals surface area contributed by atoms with Crippen LogP contribution in [0.1, 0.15) is 226 Å². The number of carbonyl (C=O) groups is 3. The molecule has 0 aromatic carbocycles. The summed E-state index contributed by atoms with van der Waals surface area (Å²) in [7, 11) is 0. The highest BCUT2D eigenvalue weighted by Gasteiger charge is 2.20. The van der Waals surface area contributed by atoms with Crippen LogP contribution in [0.3, 0.4) is 0 Å². The first-order valence-electron chi connectivity index (χ1n) is 20.7. The second-order valence-corrected chi connectivity index (χ2v) is 13.9. The Bertz CT molecular complexity index is 664. The third kappa shape index (κ3) is 42.4. The summed E-state index contributed by atoms with van der Waals surface area (Å²) in [6.07, 6.45) is 38.4. The third-order valence-corrected chi connectivity index (χ3v) is 9.07. The van der Waals surface area contributed by atoms with Crippen molar-refractivity contribution in [3.8, 4) is 0 Å². The van der Waals surface area contributed by atoms with Crippen molar-refractivity contribution in [1.82, 2.24) is 5.32 Å². The Morgan fingerprint density at radius 1 is 0.458 bits per heavy atom. The fraction of sp³-hybridized carbons (Fsp3) is 0.927. The highest BCUT2D eigenvalue weighted by molar-refractivity contribution is 5.83. The first-order chi connectivity index (χ1) is 23.4. The standard InChI is InChI=1S/C24H50O.C17H31NO5/c1-3-5-7-9-11-13-15-17-19-21-23-25-24-22-20-18-16-14-12-10-8-6-4-2;1-2-3-4-5-6-7-8-9-10-11-15(19)18-14(17(22)23)12-13-16(20)21/h3-24H2,1-2H3;14H,2-13H2,1H3,(H,18,19)(H,20,21)(H,22,23)/t;14-/m.0/s1. The lowest BCUT2D eigenvalue weighted by atomic mass is 10.1. The molecular weight excluding hydrogens is 602 g/mol. The average molecular weight is 684 g/mol. The van der Waals surface area contributed by atoms with Crippen LogP contribution in [0, 0.1) is 0 Å². The van der Waals surface area contributed by atoms with E-state index < -0.39 is 18.0 Å². The zero-order chi connectivity index (χ0) is 35.8. The summed E-state index contributed by atoms with van der Waals surface area (Å²) in [5.41, 5.74) is 0. The molecule has 0 saturated carbocycles.